The largest absolute Gasteiger partial charge is 0.484 e. The minimum atomic E-state index is -0.421. The van der Waals surface area contributed by atoms with E-state index in [1.807, 2.05) is 36.4 Å². The second-order valence-electron chi connectivity index (χ2n) is 3.61. The van der Waals surface area contributed by atoms with E-state index in [9.17, 15) is 9.59 Å². The van der Waals surface area contributed by atoms with E-state index in [1.165, 1.54) is 0 Å². The molecule has 2 aromatic rings. The highest BCUT2D eigenvalue weighted by molar-refractivity contribution is 5.84. The molecule has 0 saturated heterocycles. The maximum absolute atomic E-state index is 11.2. The van der Waals surface area contributed by atoms with Gasteiger partial charge in [0.1, 0.15) is 5.75 Å². The first-order valence-corrected chi connectivity index (χ1v) is 5.39. The van der Waals surface area contributed by atoms with Gasteiger partial charge in [-0.05, 0) is 22.9 Å². The number of ether oxygens (including phenoxy) is 1. The molecule has 0 heterocycles. The van der Waals surface area contributed by atoms with E-state index in [0.29, 0.717) is 12.2 Å². The fourth-order valence-electron chi connectivity index (χ4n) is 1.55. The Bertz CT molecular complexity index is 569. The summed E-state index contributed by atoms with van der Waals surface area (Å²) < 4.78 is 5.30. The number of carbonyl (C=O) groups excluding carboxylic acids is 2. The van der Waals surface area contributed by atoms with Gasteiger partial charge < -0.3 is 4.74 Å². The molecule has 0 aliphatic carbocycles. The molecule has 0 aromatic heterocycles. The van der Waals surface area contributed by atoms with Crippen LogP contribution in [-0.4, -0.2) is 18.9 Å². The fourth-order valence-corrected chi connectivity index (χ4v) is 1.55. The lowest BCUT2D eigenvalue weighted by Crippen LogP contribution is -2.39. The molecule has 18 heavy (non-hydrogen) atoms. The van der Waals surface area contributed by atoms with Crippen molar-refractivity contribution in [3.05, 3.63) is 42.5 Å². The summed E-state index contributed by atoms with van der Waals surface area (Å²) in [6.07, 6.45) is 0.383. The van der Waals surface area contributed by atoms with Gasteiger partial charge in [-0.3, -0.25) is 20.4 Å². The van der Waals surface area contributed by atoms with E-state index < -0.39 is 5.91 Å². The lowest BCUT2D eigenvalue weighted by molar-refractivity contribution is -0.126. The Hall–Kier alpha value is -2.56. The van der Waals surface area contributed by atoms with Crippen LogP contribution in [0.2, 0.25) is 0 Å². The van der Waals surface area contributed by atoms with Crippen molar-refractivity contribution < 1.29 is 14.3 Å². The van der Waals surface area contributed by atoms with Crippen molar-refractivity contribution in [2.24, 2.45) is 0 Å². The Morgan fingerprint density at radius 2 is 1.94 bits per heavy atom. The van der Waals surface area contributed by atoms with E-state index >= 15 is 0 Å². The Kier molecular flexibility index (Phi) is 3.76. The third-order valence-corrected chi connectivity index (χ3v) is 2.36. The smallest absolute Gasteiger partial charge is 0.276 e. The molecule has 0 aliphatic rings. The Balaban J connectivity index is 1.99. The van der Waals surface area contributed by atoms with Crippen molar-refractivity contribution in [3.8, 4) is 5.75 Å². The summed E-state index contributed by atoms with van der Waals surface area (Å²) in [6.45, 7) is -0.154. The first-order valence-electron chi connectivity index (χ1n) is 5.39. The predicted molar refractivity (Wildman–Crippen MR) is 66.8 cm³/mol. The van der Waals surface area contributed by atoms with Gasteiger partial charge in [0.25, 0.3) is 5.91 Å². The maximum atomic E-state index is 11.2. The number of amides is 2. The van der Waals surface area contributed by atoms with Crippen LogP contribution < -0.4 is 15.6 Å². The summed E-state index contributed by atoms with van der Waals surface area (Å²) >= 11 is 0. The lowest BCUT2D eigenvalue weighted by atomic mass is 10.1. The summed E-state index contributed by atoms with van der Waals surface area (Å²) in [5.41, 5.74) is 4.21. The molecule has 0 saturated carbocycles. The van der Waals surface area contributed by atoms with Crippen molar-refractivity contribution in [1.29, 1.82) is 0 Å². The zero-order chi connectivity index (χ0) is 12.8. The van der Waals surface area contributed by atoms with Gasteiger partial charge in [-0.15, -0.1) is 0 Å². The predicted octanol–water partition coefficient (Wildman–Crippen LogP) is 0.996. The number of benzene rings is 2. The Morgan fingerprint density at radius 1 is 1.17 bits per heavy atom. The molecule has 2 aromatic carbocycles. The monoisotopic (exact) mass is 244 g/mol. The minimum Gasteiger partial charge on any atom is -0.484 e. The molecule has 0 radical (unpaired) electrons. The summed E-state index contributed by atoms with van der Waals surface area (Å²) in [7, 11) is 0. The van der Waals surface area contributed by atoms with Crippen LogP contribution in [0.1, 0.15) is 0 Å². The van der Waals surface area contributed by atoms with Crippen molar-refractivity contribution in [3.63, 3.8) is 0 Å². The van der Waals surface area contributed by atoms with Gasteiger partial charge in [0.05, 0.1) is 0 Å². The third kappa shape index (κ3) is 2.98. The van der Waals surface area contributed by atoms with Crippen LogP contribution in [-0.2, 0) is 9.59 Å². The molecule has 0 atom stereocenters. The van der Waals surface area contributed by atoms with Crippen molar-refractivity contribution >= 4 is 23.1 Å². The van der Waals surface area contributed by atoms with E-state index in [4.69, 9.17) is 4.74 Å². The molecular formula is C13H12N2O3. The number of nitrogens with one attached hydrogen (secondary N) is 2. The van der Waals surface area contributed by atoms with Gasteiger partial charge in [-0.2, -0.15) is 0 Å². The summed E-state index contributed by atoms with van der Waals surface area (Å²) in [6, 6.07) is 13.4. The molecule has 5 heteroatoms. The van der Waals surface area contributed by atoms with Crippen LogP contribution >= 0.6 is 0 Å². The molecular weight excluding hydrogens is 232 g/mol. The maximum Gasteiger partial charge on any atom is 0.276 e. The number of rotatable bonds is 5. The third-order valence-electron chi connectivity index (χ3n) is 2.36. The van der Waals surface area contributed by atoms with Crippen LogP contribution in [0.3, 0.4) is 0 Å². The average molecular weight is 244 g/mol. The van der Waals surface area contributed by atoms with Gasteiger partial charge in [0, 0.05) is 0 Å². The molecule has 0 fully saturated rings. The summed E-state index contributed by atoms with van der Waals surface area (Å²) in [5, 5.41) is 2.15. The van der Waals surface area contributed by atoms with Gasteiger partial charge in [-0.25, -0.2) is 0 Å². The van der Waals surface area contributed by atoms with Crippen LogP contribution in [0.5, 0.6) is 5.75 Å². The highest BCUT2D eigenvalue weighted by Gasteiger charge is 2.02. The number of hydrogen-bond acceptors (Lipinski definition) is 3. The minimum absolute atomic E-state index is 0.154. The average Bonchev–Trinajstić information content (AvgIpc) is 2.42. The molecule has 5 nitrogen and oxygen atoms in total. The Morgan fingerprint density at radius 3 is 2.72 bits per heavy atom. The second kappa shape index (κ2) is 5.67. The molecule has 92 valence electrons. The first kappa shape index (κ1) is 11.9. The number of carbonyl (C=O) groups is 2. The summed E-state index contributed by atoms with van der Waals surface area (Å²) in [4.78, 5) is 21.1. The number of hydrazine groups is 1. The number of hydrogen-bond donors (Lipinski definition) is 2. The van der Waals surface area contributed by atoms with Crippen molar-refractivity contribution in [1.82, 2.24) is 10.9 Å². The van der Waals surface area contributed by atoms with Crippen LogP contribution in [0.4, 0.5) is 0 Å². The van der Waals surface area contributed by atoms with E-state index in [-0.39, 0.29) is 6.61 Å². The van der Waals surface area contributed by atoms with Crippen LogP contribution in [0, 0.1) is 0 Å². The standard InChI is InChI=1S/C13H12N2O3/c16-9-14-15-13(17)8-18-12-6-5-10-3-1-2-4-11(10)7-12/h1-7,9H,8H2,(H,14,16)(H,15,17). The molecule has 0 aliphatic heterocycles. The topological polar surface area (TPSA) is 67.4 Å². The van der Waals surface area contributed by atoms with Gasteiger partial charge >= 0.3 is 0 Å². The fraction of sp³-hybridized carbons (Fsp3) is 0.0769. The van der Waals surface area contributed by atoms with Crippen molar-refractivity contribution in [2.75, 3.05) is 6.61 Å². The molecule has 0 bridgehead atoms. The first-order chi connectivity index (χ1) is 8.79. The highest BCUT2D eigenvalue weighted by Crippen LogP contribution is 2.20. The molecule has 0 unspecified atom stereocenters. The summed E-state index contributed by atoms with van der Waals surface area (Å²) in [5.74, 6) is 0.185. The van der Waals surface area contributed by atoms with Crippen LogP contribution in [0.25, 0.3) is 10.8 Å². The SMILES string of the molecule is O=CNNC(=O)COc1ccc2ccccc2c1. The highest BCUT2D eigenvalue weighted by atomic mass is 16.5. The molecule has 0 spiro atoms. The number of fused-ring (bicyclic) bond motifs is 1. The molecule has 2 amide bonds. The van der Waals surface area contributed by atoms with E-state index in [2.05, 4.69) is 10.9 Å². The van der Waals surface area contributed by atoms with Crippen LogP contribution in [0.15, 0.2) is 42.5 Å². The normalized spacial score (nSPS) is 9.78. The zero-order valence-electron chi connectivity index (χ0n) is 9.55. The Labute approximate surface area is 104 Å². The van der Waals surface area contributed by atoms with Gasteiger partial charge in [-0.1, -0.05) is 30.3 Å². The van der Waals surface area contributed by atoms with E-state index in [1.54, 1.807) is 6.07 Å². The molecule has 2 N–H and O–H groups in total. The van der Waals surface area contributed by atoms with Gasteiger partial charge in [0.2, 0.25) is 6.41 Å². The zero-order valence-corrected chi connectivity index (χ0v) is 9.55. The second-order valence-corrected chi connectivity index (χ2v) is 3.61. The van der Waals surface area contributed by atoms with Gasteiger partial charge in [0.15, 0.2) is 6.61 Å². The van der Waals surface area contributed by atoms with Crippen molar-refractivity contribution in [2.45, 2.75) is 0 Å². The van der Waals surface area contributed by atoms with E-state index in [0.717, 1.165) is 10.8 Å². The lowest BCUT2D eigenvalue weighted by Gasteiger charge is -2.07. The quantitative estimate of drug-likeness (QED) is 0.609. The molecule has 2 rings (SSSR count).